The third-order valence-electron chi connectivity index (χ3n) is 5.76. The molecule has 0 bridgehead atoms. The molecule has 132 valence electrons. The third-order valence-corrected chi connectivity index (χ3v) is 5.76. The number of nitrogens with zero attached hydrogens (tertiary/aromatic N) is 1. The number of carbonyl (C=O) groups is 1. The number of nitrogens with one attached hydrogen (secondary N) is 1. The van der Waals surface area contributed by atoms with Crippen molar-refractivity contribution >= 4 is 5.91 Å². The Balaban J connectivity index is 1.50. The molecule has 1 aliphatic carbocycles. The maximum atomic E-state index is 13.0. The number of benzene rings is 1. The molecule has 1 aromatic carbocycles. The number of methoxy groups -OCH3 is 1. The van der Waals surface area contributed by atoms with Crippen molar-refractivity contribution in [2.24, 2.45) is 0 Å². The van der Waals surface area contributed by atoms with E-state index in [1.54, 1.807) is 7.11 Å². The van der Waals surface area contributed by atoms with Crippen LogP contribution in [-0.2, 0) is 11.2 Å². The maximum absolute atomic E-state index is 13.0. The molecule has 1 aliphatic heterocycles. The highest BCUT2D eigenvalue weighted by molar-refractivity contribution is 5.78. The Labute approximate surface area is 149 Å². The van der Waals surface area contributed by atoms with Crippen LogP contribution in [0.4, 0.5) is 0 Å². The second-order valence-electron chi connectivity index (χ2n) is 7.23. The predicted octanol–water partition coefficient (Wildman–Crippen LogP) is 4.20. The molecule has 25 heavy (non-hydrogen) atoms. The van der Waals surface area contributed by atoms with Crippen molar-refractivity contribution in [1.29, 1.82) is 0 Å². The highest BCUT2D eigenvalue weighted by Crippen LogP contribution is 2.38. The summed E-state index contributed by atoms with van der Waals surface area (Å²) in [6.07, 6.45) is 8.06. The van der Waals surface area contributed by atoms with E-state index in [1.807, 2.05) is 18.3 Å². The van der Waals surface area contributed by atoms with Gasteiger partial charge in [0.15, 0.2) is 0 Å². The van der Waals surface area contributed by atoms with E-state index in [-0.39, 0.29) is 6.04 Å². The molecule has 0 saturated carbocycles. The van der Waals surface area contributed by atoms with Gasteiger partial charge in [-0.25, -0.2) is 0 Å². The zero-order valence-electron chi connectivity index (χ0n) is 14.8. The van der Waals surface area contributed by atoms with Crippen molar-refractivity contribution in [3.05, 3.63) is 53.3 Å². The molecule has 4 rings (SSSR count). The minimum atomic E-state index is 0.224. The number of amides is 1. The van der Waals surface area contributed by atoms with E-state index < -0.39 is 0 Å². The molecule has 0 spiro atoms. The summed E-state index contributed by atoms with van der Waals surface area (Å²) in [5, 5.41) is 0. The monoisotopic (exact) mass is 338 g/mol. The van der Waals surface area contributed by atoms with Crippen LogP contribution >= 0.6 is 0 Å². The minimum Gasteiger partial charge on any atom is -0.497 e. The molecule has 1 N–H and O–H groups in total. The molecule has 4 nitrogen and oxygen atoms in total. The normalized spacial score (nSPS) is 22.7. The Hall–Kier alpha value is -2.23. The molecule has 2 aliphatic rings. The minimum absolute atomic E-state index is 0.224. The first-order valence-electron chi connectivity index (χ1n) is 9.36. The average Bonchev–Trinajstić information content (AvgIpc) is 3.32. The molecule has 0 unspecified atom stereocenters. The van der Waals surface area contributed by atoms with E-state index in [4.69, 9.17) is 4.74 Å². The number of carbonyl (C=O) groups excluding carboxylic acids is 1. The number of fused-ring (bicyclic) bond motifs is 1. The molecule has 2 atom stereocenters. The zero-order valence-corrected chi connectivity index (χ0v) is 14.8. The fourth-order valence-corrected chi connectivity index (χ4v) is 4.50. The largest absolute Gasteiger partial charge is 0.497 e. The highest BCUT2D eigenvalue weighted by atomic mass is 16.5. The standard InChI is InChI=1S/C21H26N2O2/c1-25-17-9-10-18-15(13-17)5-2-6-16(18)14-21(24)23-12-4-8-20(23)19-7-3-11-22-19/h3,7,9-11,13,16,20,22H,2,4-6,8,12,14H2,1H3/t16-,20-/m1/s1. The Bertz CT molecular complexity index is 738. The molecule has 0 radical (unpaired) electrons. The zero-order chi connectivity index (χ0) is 17.2. The van der Waals surface area contributed by atoms with E-state index in [0.717, 1.165) is 44.4 Å². The van der Waals surface area contributed by atoms with Gasteiger partial charge in [-0.05, 0) is 73.4 Å². The SMILES string of the molecule is COc1ccc2c(c1)CCC[C@@H]2CC(=O)N1CCC[C@@H]1c1ccc[nH]1. The van der Waals surface area contributed by atoms with Crippen LogP contribution in [0, 0.1) is 0 Å². The van der Waals surface area contributed by atoms with Crippen LogP contribution in [0.15, 0.2) is 36.5 Å². The van der Waals surface area contributed by atoms with E-state index in [2.05, 4.69) is 28.1 Å². The van der Waals surface area contributed by atoms with Crippen molar-refractivity contribution in [2.45, 2.75) is 50.5 Å². The summed E-state index contributed by atoms with van der Waals surface area (Å²) in [4.78, 5) is 18.4. The van der Waals surface area contributed by atoms with E-state index >= 15 is 0 Å². The van der Waals surface area contributed by atoms with Crippen LogP contribution in [0.1, 0.15) is 60.9 Å². The summed E-state index contributed by atoms with van der Waals surface area (Å²) in [6, 6.07) is 10.7. The molecule has 2 heterocycles. The van der Waals surface area contributed by atoms with Crippen molar-refractivity contribution in [3.63, 3.8) is 0 Å². The summed E-state index contributed by atoms with van der Waals surface area (Å²) in [6.45, 7) is 0.880. The first-order chi connectivity index (χ1) is 12.3. The van der Waals surface area contributed by atoms with Gasteiger partial charge >= 0.3 is 0 Å². The molecule has 1 amide bonds. The number of hydrogen-bond acceptors (Lipinski definition) is 2. The third kappa shape index (κ3) is 3.17. The lowest BCUT2D eigenvalue weighted by Crippen LogP contribution is -2.32. The van der Waals surface area contributed by atoms with Gasteiger partial charge in [-0.3, -0.25) is 4.79 Å². The summed E-state index contributed by atoms with van der Waals surface area (Å²) in [7, 11) is 1.71. The van der Waals surface area contributed by atoms with Gasteiger partial charge in [-0.15, -0.1) is 0 Å². The van der Waals surface area contributed by atoms with Crippen molar-refractivity contribution in [2.75, 3.05) is 13.7 Å². The lowest BCUT2D eigenvalue weighted by atomic mass is 9.80. The Morgan fingerprint density at radius 2 is 2.20 bits per heavy atom. The highest BCUT2D eigenvalue weighted by Gasteiger charge is 2.32. The van der Waals surface area contributed by atoms with Crippen LogP contribution in [0.3, 0.4) is 0 Å². The van der Waals surface area contributed by atoms with E-state index in [9.17, 15) is 4.79 Å². The first kappa shape index (κ1) is 16.2. The summed E-state index contributed by atoms with van der Waals surface area (Å²) in [5.41, 5.74) is 3.86. The molecule has 1 aromatic heterocycles. The van der Waals surface area contributed by atoms with Crippen molar-refractivity contribution in [3.8, 4) is 5.75 Å². The number of aromatic nitrogens is 1. The van der Waals surface area contributed by atoms with Gasteiger partial charge in [-0.2, -0.15) is 0 Å². The molecule has 1 fully saturated rings. The van der Waals surface area contributed by atoms with Gasteiger partial charge in [0.05, 0.1) is 13.2 Å². The number of ether oxygens (including phenoxy) is 1. The van der Waals surface area contributed by atoms with Crippen molar-refractivity contribution in [1.82, 2.24) is 9.88 Å². The smallest absolute Gasteiger partial charge is 0.223 e. The van der Waals surface area contributed by atoms with Crippen LogP contribution in [0.2, 0.25) is 0 Å². The first-order valence-corrected chi connectivity index (χ1v) is 9.36. The molecule has 1 saturated heterocycles. The number of aryl methyl sites for hydroxylation is 1. The van der Waals surface area contributed by atoms with Gasteiger partial charge in [0.2, 0.25) is 5.91 Å². The number of H-pyrrole nitrogens is 1. The lowest BCUT2D eigenvalue weighted by Gasteiger charge is -2.29. The van der Waals surface area contributed by atoms with E-state index in [1.165, 1.54) is 16.8 Å². The topological polar surface area (TPSA) is 45.3 Å². The number of aromatic amines is 1. The average molecular weight is 338 g/mol. The number of hydrogen-bond donors (Lipinski definition) is 1. The van der Waals surface area contributed by atoms with Gasteiger partial charge in [-0.1, -0.05) is 6.07 Å². The number of rotatable bonds is 4. The van der Waals surface area contributed by atoms with Gasteiger partial charge in [0, 0.05) is 24.9 Å². The molecule has 2 aromatic rings. The Morgan fingerprint density at radius 3 is 3.00 bits per heavy atom. The number of likely N-dealkylation sites (tertiary alicyclic amines) is 1. The summed E-state index contributed by atoms with van der Waals surface area (Å²) in [5.74, 6) is 1.55. The fourth-order valence-electron chi connectivity index (χ4n) is 4.50. The lowest BCUT2D eigenvalue weighted by molar-refractivity contribution is -0.132. The second kappa shape index (κ2) is 6.95. The molecular formula is C21H26N2O2. The molecular weight excluding hydrogens is 312 g/mol. The Morgan fingerprint density at radius 1 is 1.28 bits per heavy atom. The Kier molecular flexibility index (Phi) is 4.51. The summed E-state index contributed by atoms with van der Waals surface area (Å²) >= 11 is 0. The van der Waals surface area contributed by atoms with Crippen LogP contribution < -0.4 is 4.74 Å². The summed E-state index contributed by atoms with van der Waals surface area (Å²) < 4.78 is 5.35. The van der Waals surface area contributed by atoms with Crippen molar-refractivity contribution < 1.29 is 9.53 Å². The molecule has 4 heteroatoms. The van der Waals surface area contributed by atoms with E-state index in [0.29, 0.717) is 18.2 Å². The van der Waals surface area contributed by atoms with Gasteiger partial charge < -0.3 is 14.6 Å². The second-order valence-corrected chi connectivity index (χ2v) is 7.23. The van der Waals surface area contributed by atoms with Crippen LogP contribution in [-0.4, -0.2) is 29.4 Å². The van der Waals surface area contributed by atoms with Crippen LogP contribution in [0.25, 0.3) is 0 Å². The fraction of sp³-hybridized carbons (Fsp3) is 0.476. The van der Waals surface area contributed by atoms with Crippen LogP contribution in [0.5, 0.6) is 5.75 Å². The van der Waals surface area contributed by atoms with Gasteiger partial charge in [0.25, 0.3) is 0 Å². The maximum Gasteiger partial charge on any atom is 0.223 e. The van der Waals surface area contributed by atoms with Gasteiger partial charge in [0.1, 0.15) is 5.75 Å². The predicted molar refractivity (Wildman–Crippen MR) is 97.8 cm³/mol. The quantitative estimate of drug-likeness (QED) is 0.908.